The van der Waals surface area contributed by atoms with Gasteiger partial charge in [0, 0.05) is 11.1 Å². The van der Waals surface area contributed by atoms with Crippen molar-refractivity contribution in [3.63, 3.8) is 0 Å². The first-order valence-corrected chi connectivity index (χ1v) is 10.4. The van der Waals surface area contributed by atoms with Crippen molar-refractivity contribution in [1.82, 2.24) is 9.55 Å². The number of halogens is 1. The fraction of sp³-hybridized carbons (Fsp3) is 0.167. The molecule has 0 unspecified atom stereocenters. The molecule has 4 aromatic rings. The zero-order chi connectivity index (χ0) is 20.4. The normalized spacial score (nSPS) is 11.0. The summed E-state index contributed by atoms with van der Waals surface area (Å²) >= 11 is 1.52. The van der Waals surface area contributed by atoms with Crippen LogP contribution in [0.15, 0.2) is 70.8 Å². The molecule has 2 heterocycles. The van der Waals surface area contributed by atoms with Gasteiger partial charge in [0.15, 0.2) is 0 Å². The van der Waals surface area contributed by atoms with Gasteiger partial charge in [-0.05, 0) is 61.4 Å². The van der Waals surface area contributed by atoms with E-state index in [1.54, 1.807) is 16.7 Å². The maximum atomic E-state index is 13.9. The largest absolute Gasteiger partial charge is 0.269 e. The summed E-state index contributed by atoms with van der Waals surface area (Å²) in [5, 5.41) is 2.87. The van der Waals surface area contributed by atoms with Crippen LogP contribution in [0.3, 0.4) is 0 Å². The molecule has 0 aliphatic heterocycles. The Morgan fingerprint density at radius 3 is 2.48 bits per heavy atom. The van der Waals surface area contributed by atoms with E-state index in [1.807, 2.05) is 55.6 Å². The molecule has 0 saturated heterocycles. The van der Waals surface area contributed by atoms with Crippen LogP contribution >= 0.6 is 11.3 Å². The van der Waals surface area contributed by atoms with Crippen LogP contribution in [0.4, 0.5) is 4.39 Å². The van der Waals surface area contributed by atoms with Crippen molar-refractivity contribution in [2.75, 3.05) is 0 Å². The Hall–Kier alpha value is -3.05. The lowest BCUT2D eigenvalue weighted by atomic mass is 10.00. The molecule has 3 nitrogen and oxygen atoms in total. The molecule has 0 atom stereocenters. The van der Waals surface area contributed by atoms with Gasteiger partial charge in [0.1, 0.15) is 16.6 Å². The first-order chi connectivity index (χ1) is 14.0. The Balaban J connectivity index is 1.87. The summed E-state index contributed by atoms with van der Waals surface area (Å²) in [7, 11) is 0. The Labute approximate surface area is 173 Å². The lowest BCUT2D eigenvalue weighted by Gasteiger charge is -2.15. The Kier molecular flexibility index (Phi) is 5.41. The number of rotatable bonds is 5. The molecule has 0 aliphatic carbocycles. The van der Waals surface area contributed by atoms with E-state index in [2.05, 4.69) is 0 Å². The second-order valence-electron chi connectivity index (χ2n) is 7.08. The number of nitrogens with zero attached hydrogens (tertiary/aromatic N) is 2. The topological polar surface area (TPSA) is 34.9 Å². The van der Waals surface area contributed by atoms with E-state index in [0.717, 1.165) is 16.1 Å². The quantitative estimate of drug-likeness (QED) is 0.440. The van der Waals surface area contributed by atoms with Gasteiger partial charge in [-0.25, -0.2) is 9.37 Å². The molecule has 0 saturated carbocycles. The summed E-state index contributed by atoms with van der Waals surface area (Å²) in [6.07, 6.45) is 1.25. The molecule has 0 spiro atoms. The van der Waals surface area contributed by atoms with Crippen LogP contribution in [-0.2, 0) is 12.8 Å². The second kappa shape index (κ2) is 8.13. The Bertz CT molecular complexity index is 1210. The van der Waals surface area contributed by atoms with Crippen LogP contribution in [0.1, 0.15) is 22.5 Å². The van der Waals surface area contributed by atoms with Crippen molar-refractivity contribution in [2.24, 2.45) is 0 Å². The molecule has 0 amide bonds. The molecule has 4 rings (SSSR count). The zero-order valence-corrected chi connectivity index (χ0v) is 17.2. The van der Waals surface area contributed by atoms with Gasteiger partial charge in [0.25, 0.3) is 5.56 Å². The SMILES string of the molecule is Cc1csc(-n2c(C)nc(-c3cccc(F)c3)c(CCc3ccccc3)c2=O)c1. The molecule has 0 bridgehead atoms. The lowest BCUT2D eigenvalue weighted by Crippen LogP contribution is -2.26. The lowest BCUT2D eigenvalue weighted by molar-refractivity contribution is 0.628. The monoisotopic (exact) mass is 404 g/mol. The minimum atomic E-state index is -0.339. The van der Waals surface area contributed by atoms with Crippen molar-refractivity contribution in [3.8, 4) is 16.3 Å². The highest BCUT2D eigenvalue weighted by Crippen LogP contribution is 2.25. The van der Waals surface area contributed by atoms with Crippen LogP contribution in [0.5, 0.6) is 0 Å². The van der Waals surface area contributed by atoms with E-state index < -0.39 is 0 Å². The molecular weight excluding hydrogens is 383 g/mol. The molecule has 0 fully saturated rings. The highest BCUT2D eigenvalue weighted by molar-refractivity contribution is 7.12. The van der Waals surface area contributed by atoms with Crippen LogP contribution in [-0.4, -0.2) is 9.55 Å². The smallest absolute Gasteiger partial charge is 0.262 e. The predicted octanol–water partition coefficient (Wildman–Crippen LogP) is 5.50. The van der Waals surface area contributed by atoms with E-state index in [9.17, 15) is 9.18 Å². The molecule has 146 valence electrons. The minimum absolute atomic E-state index is 0.0884. The summed E-state index contributed by atoms with van der Waals surface area (Å²) in [5.41, 5.74) is 3.97. The second-order valence-corrected chi connectivity index (χ2v) is 7.97. The van der Waals surface area contributed by atoms with Crippen LogP contribution in [0.2, 0.25) is 0 Å². The number of hydrogen-bond donors (Lipinski definition) is 0. The molecule has 0 aliphatic rings. The predicted molar refractivity (Wildman–Crippen MR) is 116 cm³/mol. The molecule has 0 N–H and O–H groups in total. The summed E-state index contributed by atoms with van der Waals surface area (Å²) in [5.74, 6) is 0.258. The average molecular weight is 405 g/mol. The van der Waals surface area contributed by atoms with Gasteiger partial charge < -0.3 is 0 Å². The minimum Gasteiger partial charge on any atom is -0.269 e. The van der Waals surface area contributed by atoms with Gasteiger partial charge in [-0.2, -0.15) is 0 Å². The van der Waals surface area contributed by atoms with E-state index >= 15 is 0 Å². The third-order valence-corrected chi connectivity index (χ3v) is 5.92. The van der Waals surface area contributed by atoms with Crippen molar-refractivity contribution >= 4 is 11.3 Å². The summed E-state index contributed by atoms with van der Waals surface area (Å²) in [6, 6.07) is 18.3. The number of hydrogen-bond acceptors (Lipinski definition) is 3. The molecule has 2 aromatic carbocycles. The fourth-order valence-corrected chi connectivity index (χ4v) is 4.42. The average Bonchev–Trinajstić information content (AvgIpc) is 3.13. The third kappa shape index (κ3) is 4.05. The molecule has 5 heteroatoms. The highest BCUT2D eigenvalue weighted by Gasteiger charge is 2.18. The van der Waals surface area contributed by atoms with Crippen LogP contribution < -0.4 is 5.56 Å². The van der Waals surface area contributed by atoms with Crippen molar-refractivity contribution in [1.29, 1.82) is 0 Å². The molecular formula is C24H21FN2OS. The highest BCUT2D eigenvalue weighted by atomic mass is 32.1. The van der Waals surface area contributed by atoms with Crippen LogP contribution in [0.25, 0.3) is 16.3 Å². The zero-order valence-electron chi connectivity index (χ0n) is 16.4. The first-order valence-electron chi connectivity index (χ1n) is 9.51. The molecule has 0 radical (unpaired) electrons. The van der Waals surface area contributed by atoms with Crippen molar-refractivity contribution < 1.29 is 4.39 Å². The molecule has 29 heavy (non-hydrogen) atoms. The number of thiophene rings is 1. The van der Waals surface area contributed by atoms with Gasteiger partial charge in [0.05, 0.1) is 5.69 Å². The van der Waals surface area contributed by atoms with Gasteiger partial charge >= 0.3 is 0 Å². The van der Waals surface area contributed by atoms with Gasteiger partial charge in [0.2, 0.25) is 0 Å². The molecule has 2 aromatic heterocycles. The number of aromatic nitrogens is 2. The van der Waals surface area contributed by atoms with Crippen molar-refractivity contribution in [2.45, 2.75) is 26.7 Å². The van der Waals surface area contributed by atoms with Gasteiger partial charge in [-0.15, -0.1) is 11.3 Å². The Morgan fingerprint density at radius 1 is 1.00 bits per heavy atom. The summed E-state index contributed by atoms with van der Waals surface area (Å²) in [4.78, 5) is 18.3. The van der Waals surface area contributed by atoms with Crippen LogP contribution in [0, 0.1) is 19.7 Å². The van der Waals surface area contributed by atoms with Crippen molar-refractivity contribution in [3.05, 3.63) is 105 Å². The van der Waals surface area contributed by atoms with E-state index in [-0.39, 0.29) is 11.4 Å². The van der Waals surface area contributed by atoms with E-state index in [0.29, 0.717) is 35.5 Å². The number of benzene rings is 2. The standard InChI is InChI=1S/C24H21FN2OS/c1-16-13-22(29-15-16)27-17(2)26-23(19-9-6-10-20(25)14-19)21(24(27)28)12-11-18-7-4-3-5-8-18/h3-10,13-15H,11-12H2,1-2H3. The summed E-state index contributed by atoms with van der Waals surface area (Å²) in [6.45, 7) is 3.82. The third-order valence-electron chi connectivity index (χ3n) is 4.89. The first kappa shape index (κ1) is 19.3. The fourth-order valence-electron chi connectivity index (χ4n) is 3.47. The van der Waals surface area contributed by atoms with Gasteiger partial charge in [-0.1, -0.05) is 42.5 Å². The summed E-state index contributed by atoms with van der Waals surface area (Å²) < 4.78 is 15.5. The van der Waals surface area contributed by atoms with Gasteiger partial charge in [-0.3, -0.25) is 9.36 Å². The van der Waals surface area contributed by atoms with E-state index in [1.165, 1.54) is 23.5 Å². The maximum absolute atomic E-state index is 13.9. The maximum Gasteiger partial charge on any atom is 0.262 e. The Morgan fingerprint density at radius 2 is 1.79 bits per heavy atom. The number of aryl methyl sites for hydroxylation is 3. The van der Waals surface area contributed by atoms with E-state index in [4.69, 9.17) is 4.98 Å².